The van der Waals surface area contributed by atoms with Crippen LogP contribution in [-0.4, -0.2) is 48.8 Å². The van der Waals surface area contributed by atoms with Crippen LogP contribution in [0.15, 0.2) is 54.5 Å². The molecule has 2 aromatic rings. The van der Waals surface area contributed by atoms with E-state index < -0.39 is 48.3 Å². The quantitative estimate of drug-likeness (QED) is 0.238. The van der Waals surface area contributed by atoms with Crippen molar-refractivity contribution in [3.8, 4) is 5.75 Å². The summed E-state index contributed by atoms with van der Waals surface area (Å²) in [5, 5.41) is 0.488. The predicted molar refractivity (Wildman–Crippen MR) is 142 cm³/mol. The molecule has 0 radical (unpaired) electrons. The molecule has 1 saturated heterocycles. The third kappa shape index (κ3) is 8.22. The van der Waals surface area contributed by atoms with Crippen LogP contribution < -0.4 is 4.74 Å². The SMILES string of the molecule is CCOc1ccc(Cc2cc([C@@H]3O/C(=C/OC(C)=O)[C@@H](OC(C)=O)[C@H](OC(C)=O)[C@H]3OC(C)=O)ccc2Cl)cc1. The Morgan fingerprint density at radius 1 is 0.850 bits per heavy atom. The molecule has 2 aromatic carbocycles. The van der Waals surface area contributed by atoms with Gasteiger partial charge in [-0.25, -0.2) is 0 Å². The molecule has 1 heterocycles. The van der Waals surface area contributed by atoms with Gasteiger partial charge in [0.2, 0.25) is 6.10 Å². The second-order valence-corrected chi connectivity index (χ2v) is 9.36. The van der Waals surface area contributed by atoms with Crippen molar-refractivity contribution in [1.82, 2.24) is 0 Å². The third-order valence-electron chi connectivity index (χ3n) is 5.73. The van der Waals surface area contributed by atoms with E-state index in [0.29, 0.717) is 23.6 Å². The fourth-order valence-electron chi connectivity index (χ4n) is 4.22. The molecule has 4 atom stereocenters. The van der Waals surface area contributed by atoms with Crippen LogP contribution in [0.4, 0.5) is 0 Å². The molecule has 0 aromatic heterocycles. The zero-order chi connectivity index (χ0) is 29.4. The van der Waals surface area contributed by atoms with E-state index in [9.17, 15) is 19.2 Å². The van der Waals surface area contributed by atoms with Crippen LogP contribution in [0, 0.1) is 0 Å². The van der Waals surface area contributed by atoms with Crippen molar-refractivity contribution in [2.45, 2.75) is 65.5 Å². The summed E-state index contributed by atoms with van der Waals surface area (Å²) >= 11 is 6.53. The highest BCUT2D eigenvalue weighted by molar-refractivity contribution is 6.31. The minimum Gasteiger partial charge on any atom is -0.494 e. The lowest BCUT2D eigenvalue weighted by Crippen LogP contribution is -2.53. The molecule has 0 spiro atoms. The van der Waals surface area contributed by atoms with Gasteiger partial charge in [0.1, 0.15) is 12.0 Å². The smallest absolute Gasteiger partial charge is 0.307 e. The molecule has 11 heteroatoms. The van der Waals surface area contributed by atoms with Crippen LogP contribution in [0.25, 0.3) is 0 Å². The van der Waals surface area contributed by atoms with E-state index in [1.807, 2.05) is 31.2 Å². The van der Waals surface area contributed by atoms with Crippen LogP contribution in [0.3, 0.4) is 0 Å². The van der Waals surface area contributed by atoms with Crippen molar-refractivity contribution in [2.24, 2.45) is 0 Å². The molecule has 0 amide bonds. The molecular weight excluding hydrogens is 544 g/mol. The molecule has 0 N–H and O–H groups in total. The lowest BCUT2D eigenvalue weighted by atomic mass is 9.91. The van der Waals surface area contributed by atoms with Crippen molar-refractivity contribution in [2.75, 3.05) is 6.61 Å². The van der Waals surface area contributed by atoms with Crippen molar-refractivity contribution in [3.05, 3.63) is 76.2 Å². The first-order valence-electron chi connectivity index (χ1n) is 12.5. The Kier molecular flexibility index (Phi) is 10.6. The fraction of sp³-hybridized carbons (Fsp3) is 0.379. The van der Waals surface area contributed by atoms with Gasteiger partial charge in [0.05, 0.1) is 6.61 Å². The second kappa shape index (κ2) is 13.8. The van der Waals surface area contributed by atoms with Crippen molar-refractivity contribution < 1.29 is 47.6 Å². The van der Waals surface area contributed by atoms with Crippen LogP contribution in [0.5, 0.6) is 5.75 Å². The number of benzene rings is 2. The van der Waals surface area contributed by atoms with E-state index in [1.54, 1.807) is 18.2 Å². The monoisotopic (exact) mass is 574 g/mol. The lowest BCUT2D eigenvalue weighted by Gasteiger charge is -2.42. The summed E-state index contributed by atoms with van der Waals surface area (Å²) in [5.74, 6) is -2.18. The van der Waals surface area contributed by atoms with Crippen molar-refractivity contribution >= 4 is 35.5 Å². The summed E-state index contributed by atoms with van der Waals surface area (Å²) in [4.78, 5) is 47.7. The van der Waals surface area contributed by atoms with Gasteiger partial charge < -0.3 is 28.4 Å². The first-order chi connectivity index (χ1) is 19.0. The third-order valence-corrected chi connectivity index (χ3v) is 6.10. The topological polar surface area (TPSA) is 124 Å². The molecule has 1 aliphatic heterocycles. The van der Waals surface area contributed by atoms with Crippen LogP contribution >= 0.6 is 11.6 Å². The van der Waals surface area contributed by atoms with E-state index in [-0.39, 0.29) is 5.76 Å². The van der Waals surface area contributed by atoms with Crippen LogP contribution in [0.2, 0.25) is 5.02 Å². The van der Waals surface area contributed by atoms with Gasteiger partial charge in [-0.3, -0.25) is 19.2 Å². The van der Waals surface area contributed by atoms with E-state index in [2.05, 4.69) is 0 Å². The summed E-state index contributed by atoms with van der Waals surface area (Å²) in [5.41, 5.74) is 2.22. The zero-order valence-corrected chi connectivity index (χ0v) is 23.6. The number of halogens is 1. The minimum absolute atomic E-state index is 0.118. The van der Waals surface area contributed by atoms with E-state index in [4.69, 9.17) is 40.0 Å². The number of hydrogen-bond acceptors (Lipinski definition) is 10. The van der Waals surface area contributed by atoms with E-state index >= 15 is 0 Å². The van der Waals surface area contributed by atoms with Gasteiger partial charge in [0.25, 0.3) is 0 Å². The zero-order valence-electron chi connectivity index (χ0n) is 22.8. The Morgan fingerprint density at radius 2 is 1.48 bits per heavy atom. The molecule has 214 valence electrons. The molecule has 0 unspecified atom stereocenters. The molecule has 1 aliphatic rings. The predicted octanol–water partition coefficient (Wildman–Crippen LogP) is 4.60. The molecule has 0 aliphatic carbocycles. The number of carbonyl (C=O) groups excluding carboxylic acids is 4. The Balaban J connectivity index is 2.07. The van der Waals surface area contributed by atoms with Gasteiger partial charge in [-0.2, -0.15) is 0 Å². The number of hydrogen-bond donors (Lipinski definition) is 0. The average Bonchev–Trinajstić information content (AvgIpc) is 2.87. The molecular formula is C29H31ClO10. The fourth-order valence-corrected chi connectivity index (χ4v) is 4.41. The lowest BCUT2D eigenvalue weighted by molar-refractivity contribution is -0.212. The summed E-state index contributed by atoms with van der Waals surface area (Å²) in [6.45, 7) is 7.13. The largest absolute Gasteiger partial charge is 0.494 e. The normalized spacial score (nSPS) is 21.1. The maximum Gasteiger partial charge on any atom is 0.307 e. The Bertz CT molecular complexity index is 1270. The summed E-state index contributed by atoms with van der Waals surface area (Å²) in [6.07, 6.45) is -3.55. The van der Waals surface area contributed by atoms with E-state index in [1.165, 1.54) is 13.8 Å². The Labute approximate surface area is 237 Å². The minimum atomic E-state index is -1.36. The number of rotatable bonds is 9. The standard InChI is InChI=1S/C29H31ClO10/c1-6-35-23-10-7-20(8-11-23)13-22-14-21(9-12-24(22)30)26-28(38-18(4)33)29(39-19(5)34)27(37-17(3)32)25(40-26)15-36-16(2)31/h7-12,14-15,26-29H,6,13H2,1-5H3/b25-15+/t26-,27+,28-,29-/m0/s1. The highest BCUT2D eigenvalue weighted by atomic mass is 35.5. The number of ether oxygens (including phenoxy) is 6. The first kappa shape index (κ1) is 30.5. The van der Waals surface area contributed by atoms with Gasteiger partial charge in [-0.05, 0) is 48.2 Å². The maximum absolute atomic E-state index is 12.1. The molecule has 40 heavy (non-hydrogen) atoms. The molecule has 3 rings (SSSR count). The highest BCUT2D eigenvalue weighted by Gasteiger charge is 2.51. The summed E-state index contributed by atoms with van der Waals surface area (Å²) < 4.78 is 33.1. The first-order valence-corrected chi connectivity index (χ1v) is 12.9. The molecule has 0 bridgehead atoms. The molecule has 1 fully saturated rings. The molecule has 0 saturated carbocycles. The van der Waals surface area contributed by atoms with Crippen molar-refractivity contribution in [1.29, 1.82) is 0 Å². The van der Waals surface area contributed by atoms with Gasteiger partial charge in [-0.1, -0.05) is 35.9 Å². The summed E-state index contributed by atoms with van der Waals surface area (Å²) in [6, 6.07) is 12.7. The number of esters is 4. The van der Waals surface area contributed by atoms with Crippen molar-refractivity contribution in [3.63, 3.8) is 0 Å². The van der Waals surface area contributed by atoms with Gasteiger partial charge in [0, 0.05) is 32.7 Å². The van der Waals surface area contributed by atoms with Gasteiger partial charge in [-0.15, -0.1) is 0 Å². The van der Waals surface area contributed by atoms with Gasteiger partial charge in [0.15, 0.2) is 24.1 Å². The van der Waals surface area contributed by atoms with Crippen LogP contribution in [0.1, 0.15) is 57.4 Å². The van der Waals surface area contributed by atoms with E-state index in [0.717, 1.165) is 37.0 Å². The number of carbonyl (C=O) groups is 4. The Morgan fingerprint density at radius 3 is 2.05 bits per heavy atom. The molecule has 10 nitrogen and oxygen atoms in total. The summed E-state index contributed by atoms with van der Waals surface area (Å²) in [7, 11) is 0. The highest BCUT2D eigenvalue weighted by Crippen LogP contribution is 2.40. The second-order valence-electron chi connectivity index (χ2n) is 8.95. The van der Waals surface area contributed by atoms with Gasteiger partial charge >= 0.3 is 23.9 Å². The maximum atomic E-state index is 12.1. The van der Waals surface area contributed by atoms with Crippen LogP contribution in [-0.2, 0) is 49.3 Å². The average molecular weight is 575 g/mol. The Hall–Kier alpha value is -4.05.